The first-order chi connectivity index (χ1) is 46.6. The summed E-state index contributed by atoms with van der Waals surface area (Å²) in [6.07, 6.45) is -4.85. The summed E-state index contributed by atoms with van der Waals surface area (Å²) in [5.41, 5.74) is 28.7. The molecule has 36 nitrogen and oxygen atoms in total. The third kappa shape index (κ3) is 32.3. The summed E-state index contributed by atoms with van der Waals surface area (Å²) in [6.45, 7) is 6.87. The molecule has 0 heterocycles. The van der Waals surface area contributed by atoms with Crippen molar-refractivity contribution in [2.75, 3.05) is 26.2 Å². The highest BCUT2D eigenvalue weighted by atomic mass is 16.4. The van der Waals surface area contributed by atoms with Crippen molar-refractivity contribution in [3.63, 3.8) is 0 Å². The summed E-state index contributed by atoms with van der Waals surface area (Å²) >= 11 is 0. The molecule has 0 bridgehead atoms. The van der Waals surface area contributed by atoms with Crippen LogP contribution in [0.1, 0.15) is 110 Å². The van der Waals surface area contributed by atoms with Crippen LogP contribution in [0.5, 0.6) is 0 Å². The van der Waals surface area contributed by atoms with E-state index in [0.29, 0.717) is 30.5 Å². The summed E-state index contributed by atoms with van der Waals surface area (Å²) in [6, 6.07) is -1.56. The van der Waals surface area contributed by atoms with Crippen molar-refractivity contribution in [3.8, 4) is 0 Å². The van der Waals surface area contributed by atoms with E-state index in [9.17, 15) is 92.7 Å². The Morgan fingerprint density at radius 2 is 0.909 bits per heavy atom. The topological polar surface area (TPSA) is 615 Å². The van der Waals surface area contributed by atoms with Crippen LogP contribution in [0.25, 0.3) is 0 Å². The number of primary amides is 1. The Kier molecular flexibility index (Phi) is 37.9. The number of benzene rings is 2. The highest BCUT2D eigenvalue weighted by Gasteiger charge is 2.38. The number of carbonyl (C=O) groups excluding carboxylic acids is 12. The van der Waals surface area contributed by atoms with E-state index in [4.69, 9.17) is 28.7 Å². The molecule has 0 aromatic heterocycles. The van der Waals surface area contributed by atoms with Gasteiger partial charge in [0.15, 0.2) is 5.96 Å². The number of rotatable bonds is 46. The summed E-state index contributed by atoms with van der Waals surface area (Å²) in [5.74, 6) is -17.1. The molecule has 0 fully saturated rings. The van der Waals surface area contributed by atoms with Crippen molar-refractivity contribution in [2.24, 2.45) is 45.5 Å². The fraction of sp³-hybridized carbons (Fsp3) is 0.571. The van der Waals surface area contributed by atoms with E-state index in [1.54, 1.807) is 74.5 Å². The zero-order valence-corrected chi connectivity index (χ0v) is 56.3. The maximum Gasteiger partial charge on any atom is 0.326 e. The van der Waals surface area contributed by atoms with Crippen molar-refractivity contribution < 1.29 is 92.7 Å². The number of carboxylic acid groups (broad SMARTS) is 2. The number of aliphatic hydroxyl groups is 3. The first kappa shape index (κ1) is 85.2. The maximum atomic E-state index is 14.5. The molecule has 12 amide bonds. The van der Waals surface area contributed by atoms with Crippen LogP contribution in [0.15, 0.2) is 65.7 Å². The first-order valence-corrected chi connectivity index (χ1v) is 32.2. The fourth-order valence-corrected chi connectivity index (χ4v) is 9.61. The molecule has 0 aliphatic heterocycles. The average molecular weight is 1400 g/mol. The van der Waals surface area contributed by atoms with Gasteiger partial charge in [0.25, 0.3) is 0 Å². The third-order valence-corrected chi connectivity index (χ3v) is 15.0. The van der Waals surface area contributed by atoms with Crippen molar-refractivity contribution in [3.05, 3.63) is 71.8 Å². The number of amides is 12. The Morgan fingerprint density at radius 3 is 1.38 bits per heavy atom. The van der Waals surface area contributed by atoms with Gasteiger partial charge in [0.2, 0.25) is 70.9 Å². The quantitative estimate of drug-likeness (QED) is 0.0166. The number of nitrogens with two attached hydrogens (primary N) is 5. The molecule has 36 heteroatoms. The molecular weight excluding hydrogens is 1300 g/mol. The van der Waals surface area contributed by atoms with Crippen LogP contribution in [0.3, 0.4) is 0 Å². The molecule has 26 N–H and O–H groups in total. The van der Waals surface area contributed by atoms with Gasteiger partial charge in [-0.2, -0.15) is 0 Å². The van der Waals surface area contributed by atoms with Gasteiger partial charge in [-0.1, -0.05) is 94.8 Å². The number of guanidine groups is 1. The highest BCUT2D eigenvalue weighted by Crippen LogP contribution is 2.13. The number of nitrogens with one attached hydrogen (secondary N) is 11. The number of hydrogen-bond donors (Lipinski definition) is 21. The number of nitrogens with zero attached hydrogens (tertiary/aromatic N) is 1. The van der Waals surface area contributed by atoms with Gasteiger partial charge < -0.3 is 113 Å². The predicted molar refractivity (Wildman–Crippen MR) is 356 cm³/mol. The minimum atomic E-state index is -2.04. The lowest BCUT2D eigenvalue weighted by atomic mass is 10.0. The molecule has 0 radical (unpaired) electrons. The Bertz CT molecular complexity index is 3060. The van der Waals surface area contributed by atoms with Gasteiger partial charge in [-0.05, 0) is 81.9 Å². The molecule has 0 unspecified atom stereocenters. The zero-order chi connectivity index (χ0) is 74.6. The van der Waals surface area contributed by atoms with Crippen LogP contribution in [-0.4, -0.2) is 219 Å². The lowest BCUT2D eigenvalue weighted by Crippen LogP contribution is -2.62. The summed E-state index contributed by atoms with van der Waals surface area (Å²) < 4.78 is 0. The van der Waals surface area contributed by atoms with Gasteiger partial charge in [0.05, 0.1) is 37.8 Å². The van der Waals surface area contributed by atoms with Crippen LogP contribution < -0.4 is 87.2 Å². The maximum absolute atomic E-state index is 14.5. The van der Waals surface area contributed by atoms with E-state index in [0.717, 1.165) is 0 Å². The van der Waals surface area contributed by atoms with E-state index in [1.165, 1.54) is 27.7 Å². The van der Waals surface area contributed by atoms with Gasteiger partial charge in [-0.25, -0.2) is 4.79 Å². The number of unbranched alkanes of at least 4 members (excludes halogenated alkanes) is 1. The zero-order valence-electron chi connectivity index (χ0n) is 56.3. The van der Waals surface area contributed by atoms with Crippen LogP contribution >= 0.6 is 0 Å². The minimum absolute atomic E-state index is 0.0128. The van der Waals surface area contributed by atoms with Gasteiger partial charge in [0, 0.05) is 25.8 Å². The summed E-state index contributed by atoms with van der Waals surface area (Å²) in [4.78, 5) is 192. The van der Waals surface area contributed by atoms with Crippen LogP contribution in [0.4, 0.5) is 0 Å². The lowest BCUT2D eigenvalue weighted by Gasteiger charge is -2.28. The molecule has 0 aliphatic rings. The molecule has 550 valence electrons. The Labute approximate surface area is 572 Å². The largest absolute Gasteiger partial charge is 0.481 e. The molecule has 0 saturated heterocycles. The van der Waals surface area contributed by atoms with Crippen molar-refractivity contribution in [1.29, 1.82) is 0 Å². The second-order valence-corrected chi connectivity index (χ2v) is 24.4. The normalized spacial score (nSPS) is 15.0. The molecule has 2 rings (SSSR count). The number of carbonyl (C=O) groups is 14. The van der Waals surface area contributed by atoms with Gasteiger partial charge in [0.1, 0.15) is 60.4 Å². The highest BCUT2D eigenvalue weighted by molar-refractivity contribution is 6.00. The molecule has 2 aromatic rings. The molecule has 13 atom stereocenters. The number of aliphatic hydroxyl groups excluding tert-OH is 3. The lowest BCUT2D eigenvalue weighted by molar-refractivity contribution is -0.144. The van der Waals surface area contributed by atoms with Gasteiger partial charge in [-0.15, -0.1) is 0 Å². The Morgan fingerprint density at radius 1 is 0.475 bits per heavy atom. The van der Waals surface area contributed by atoms with Crippen molar-refractivity contribution in [2.45, 2.75) is 191 Å². The molecular formula is C63H99N17O19. The number of carboxylic acids is 2. The van der Waals surface area contributed by atoms with E-state index in [-0.39, 0.29) is 51.0 Å². The monoisotopic (exact) mass is 1400 g/mol. The minimum Gasteiger partial charge on any atom is -0.481 e. The molecule has 0 aliphatic carbocycles. The second kappa shape index (κ2) is 44.1. The molecule has 0 saturated carbocycles. The Hall–Kier alpha value is -9.91. The van der Waals surface area contributed by atoms with Crippen LogP contribution in [-0.2, 0) is 80.0 Å². The van der Waals surface area contributed by atoms with E-state index >= 15 is 0 Å². The number of aliphatic imine (C=N–C) groups is 1. The molecule has 99 heavy (non-hydrogen) atoms. The van der Waals surface area contributed by atoms with Crippen LogP contribution in [0, 0.1) is 11.8 Å². The predicted octanol–water partition coefficient (Wildman–Crippen LogP) is -6.77. The fourth-order valence-electron chi connectivity index (χ4n) is 9.61. The molecule has 2 aromatic carbocycles. The SMILES string of the molecule is CC(C)C[C@H](NC(=O)[C@H](CCCN=C(N)N)NC(=O)CNC(=O)[C@H](CCC(N)=O)NC(=O)[C@@H](NC(=O)[C@@H](N)CCCCN)[C@@H](C)O)C(=O)N[C@@H](CC(=O)O)C(=O)N[C@@H](CO)C(=O)N[C@@H](Cc1ccccc1)C(=O)N[C@@H](Cc1ccccc1)C(=O)N[C@H](C(=O)N[C@H](C(=O)O)C(C)C)[C@@H](C)O. The van der Waals surface area contributed by atoms with E-state index in [2.05, 4.69) is 63.5 Å². The van der Waals surface area contributed by atoms with Gasteiger partial charge in [-0.3, -0.25) is 67.3 Å². The number of aliphatic carboxylic acids is 2. The molecule has 0 spiro atoms. The van der Waals surface area contributed by atoms with Gasteiger partial charge >= 0.3 is 11.9 Å². The Balaban J connectivity index is 2.45. The van der Waals surface area contributed by atoms with Crippen molar-refractivity contribution >= 4 is 88.8 Å². The first-order valence-electron chi connectivity index (χ1n) is 32.2. The number of hydrogen-bond acceptors (Lipinski definition) is 20. The average Bonchev–Trinajstić information content (AvgIpc) is 0.859. The van der Waals surface area contributed by atoms with E-state index in [1.807, 2.05) is 0 Å². The second-order valence-electron chi connectivity index (χ2n) is 24.4. The van der Waals surface area contributed by atoms with Crippen molar-refractivity contribution in [1.82, 2.24) is 58.5 Å². The standard InChI is InChI=1S/C63H99N17O19/c1-32(2)26-41(73-54(90)39(21-15-25-69-63(67)68)71-47(85)30-70-53(89)40(22-23-46(66)84)72-60(96)50(34(5)82)79-52(88)38(65)20-13-14-24-64)55(91)76-44(29-48(86)87)57(93)77-45(31-81)59(95)75-42(27-36-16-9-7-10-17-36)56(92)74-43(28-37-18-11-8-12-19-37)58(94)80-51(35(6)83)61(97)78-49(33(3)4)62(98)99/h7-12,16-19,32-35,38-45,49-51,81-83H,13-15,20-31,64-65H2,1-6H3,(H2,66,84)(H,70,89)(H,71,85)(H,72,96)(H,73,90)(H,74,92)(H,75,95)(H,76,91)(H,77,93)(H,78,97)(H,79,88)(H,80,94)(H,86,87)(H,98,99)(H4,67,68,69)/t34-,35-,38+,39+,40+,41+,42+,43+,44+,45+,49+,50+,51+/m1/s1. The smallest absolute Gasteiger partial charge is 0.326 e. The van der Waals surface area contributed by atoms with Crippen LogP contribution in [0.2, 0.25) is 0 Å². The summed E-state index contributed by atoms with van der Waals surface area (Å²) in [7, 11) is 0. The van der Waals surface area contributed by atoms with E-state index < -0.39 is 206 Å². The summed E-state index contributed by atoms with van der Waals surface area (Å²) in [5, 5.41) is 77.3. The third-order valence-electron chi connectivity index (χ3n) is 15.0.